The maximum Gasteiger partial charge on any atom is 0.113 e. The molecular weight excluding hydrogens is 196 g/mol. The molecule has 0 aliphatic carbocycles. The van der Waals surface area contributed by atoms with E-state index < -0.39 is 0 Å². The van der Waals surface area contributed by atoms with E-state index in [2.05, 4.69) is 18.7 Å². The summed E-state index contributed by atoms with van der Waals surface area (Å²) < 4.78 is 5.63. The van der Waals surface area contributed by atoms with E-state index in [1.807, 2.05) is 44.2 Å². The van der Waals surface area contributed by atoms with Crippen LogP contribution in [0.15, 0.2) is 66.5 Å². The molecule has 0 saturated carbocycles. The van der Waals surface area contributed by atoms with Crippen molar-refractivity contribution >= 4 is 0 Å². The SMILES string of the molecule is C=C/C=C(C)\C=C(/C)OCc1ccccc1. The monoisotopic (exact) mass is 214 g/mol. The molecule has 0 aliphatic heterocycles. The number of allylic oxidation sites excluding steroid dienone is 5. The molecule has 0 radical (unpaired) electrons. The summed E-state index contributed by atoms with van der Waals surface area (Å²) >= 11 is 0. The van der Waals surface area contributed by atoms with E-state index in [0.717, 1.165) is 11.3 Å². The van der Waals surface area contributed by atoms with Crippen LogP contribution < -0.4 is 0 Å². The van der Waals surface area contributed by atoms with Crippen molar-refractivity contribution in [1.82, 2.24) is 0 Å². The molecule has 1 rings (SSSR count). The van der Waals surface area contributed by atoms with Crippen molar-refractivity contribution in [3.63, 3.8) is 0 Å². The third-order valence-corrected chi connectivity index (χ3v) is 2.12. The van der Waals surface area contributed by atoms with Crippen molar-refractivity contribution in [2.75, 3.05) is 0 Å². The Morgan fingerprint density at radius 2 is 1.94 bits per heavy atom. The van der Waals surface area contributed by atoms with Gasteiger partial charge in [0.1, 0.15) is 6.61 Å². The van der Waals surface area contributed by atoms with E-state index >= 15 is 0 Å². The molecular formula is C15H18O. The minimum absolute atomic E-state index is 0.616. The molecule has 1 aromatic rings. The Kier molecular flexibility index (Phi) is 5.13. The van der Waals surface area contributed by atoms with Crippen molar-refractivity contribution < 1.29 is 4.74 Å². The van der Waals surface area contributed by atoms with Gasteiger partial charge in [0.2, 0.25) is 0 Å². The number of benzene rings is 1. The zero-order valence-electron chi connectivity index (χ0n) is 9.94. The van der Waals surface area contributed by atoms with Gasteiger partial charge in [0, 0.05) is 0 Å². The molecule has 1 heteroatoms. The van der Waals surface area contributed by atoms with E-state index in [-0.39, 0.29) is 0 Å². The summed E-state index contributed by atoms with van der Waals surface area (Å²) in [5.41, 5.74) is 2.32. The van der Waals surface area contributed by atoms with Gasteiger partial charge in [-0.25, -0.2) is 0 Å². The molecule has 0 bridgehead atoms. The van der Waals surface area contributed by atoms with Crippen molar-refractivity contribution in [2.24, 2.45) is 0 Å². The van der Waals surface area contributed by atoms with Crippen LogP contribution >= 0.6 is 0 Å². The highest BCUT2D eigenvalue weighted by Crippen LogP contribution is 2.07. The van der Waals surface area contributed by atoms with Gasteiger partial charge in [-0.2, -0.15) is 0 Å². The smallest absolute Gasteiger partial charge is 0.113 e. The van der Waals surface area contributed by atoms with Gasteiger partial charge < -0.3 is 4.74 Å². The Balaban J connectivity index is 2.50. The average molecular weight is 214 g/mol. The number of hydrogen-bond acceptors (Lipinski definition) is 1. The molecule has 0 unspecified atom stereocenters. The van der Waals surface area contributed by atoms with Crippen LogP contribution in [-0.4, -0.2) is 0 Å². The Morgan fingerprint density at radius 3 is 2.56 bits per heavy atom. The molecule has 1 aromatic carbocycles. The highest BCUT2D eigenvalue weighted by molar-refractivity contribution is 5.22. The molecule has 0 spiro atoms. The Hall–Kier alpha value is -1.76. The molecule has 84 valence electrons. The second-order valence-corrected chi connectivity index (χ2v) is 3.68. The van der Waals surface area contributed by atoms with Crippen LogP contribution in [0.3, 0.4) is 0 Å². The van der Waals surface area contributed by atoms with Crippen LogP contribution in [0.2, 0.25) is 0 Å². The van der Waals surface area contributed by atoms with Crippen LogP contribution in [0.1, 0.15) is 19.4 Å². The molecule has 0 atom stereocenters. The maximum absolute atomic E-state index is 5.63. The minimum atomic E-state index is 0.616. The van der Waals surface area contributed by atoms with Gasteiger partial charge in [-0.15, -0.1) is 0 Å². The van der Waals surface area contributed by atoms with Crippen LogP contribution in [0.5, 0.6) is 0 Å². The standard InChI is InChI=1S/C15H18O/c1-4-8-13(2)11-14(3)16-12-15-9-6-5-7-10-15/h4-11H,1,12H2,2-3H3/b13-8-,14-11+. The second-order valence-electron chi connectivity index (χ2n) is 3.68. The Labute approximate surface area is 97.8 Å². The predicted octanol–water partition coefficient (Wildman–Crippen LogP) is 4.24. The first-order valence-electron chi connectivity index (χ1n) is 5.36. The minimum Gasteiger partial charge on any atom is -0.494 e. The van der Waals surface area contributed by atoms with Gasteiger partial charge in [0.05, 0.1) is 5.76 Å². The van der Waals surface area contributed by atoms with Crippen molar-refractivity contribution in [3.05, 3.63) is 72.0 Å². The largest absolute Gasteiger partial charge is 0.494 e. The predicted molar refractivity (Wildman–Crippen MR) is 68.9 cm³/mol. The molecule has 0 aromatic heterocycles. The summed E-state index contributed by atoms with van der Waals surface area (Å²) in [5, 5.41) is 0. The van der Waals surface area contributed by atoms with E-state index in [1.54, 1.807) is 6.08 Å². The van der Waals surface area contributed by atoms with Gasteiger partial charge in [-0.05, 0) is 31.1 Å². The summed E-state index contributed by atoms with van der Waals surface area (Å²) in [6.45, 7) is 8.26. The van der Waals surface area contributed by atoms with Crippen molar-refractivity contribution in [1.29, 1.82) is 0 Å². The first kappa shape index (κ1) is 12.3. The quantitative estimate of drug-likeness (QED) is 0.526. The number of rotatable bonds is 5. The molecule has 16 heavy (non-hydrogen) atoms. The van der Waals surface area contributed by atoms with Crippen LogP contribution in [0, 0.1) is 0 Å². The lowest BCUT2D eigenvalue weighted by atomic mass is 10.2. The van der Waals surface area contributed by atoms with Gasteiger partial charge in [-0.1, -0.05) is 49.1 Å². The molecule has 1 nitrogen and oxygen atoms in total. The summed E-state index contributed by atoms with van der Waals surface area (Å²) in [6.07, 6.45) is 5.73. The lowest BCUT2D eigenvalue weighted by Crippen LogP contribution is -1.90. The number of hydrogen-bond donors (Lipinski definition) is 0. The van der Waals surface area contributed by atoms with Crippen LogP contribution in [-0.2, 0) is 11.3 Å². The number of ether oxygens (including phenoxy) is 1. The highest BCUT2D eigenvalue weighted by Gasteiger charge is 1.93. The van der Waals surface area contributed by atoms with Gasteiger partial charge in [0.15, 0.2) is 0 Å². The van der Waals surface area contributed by atoms with Gasteiger partial charge in [-0.3, -0.25) is 0 Å². The van der Waals surface area contributed by atoms with Crippen molar-refractivity contribution in [2.45, 2.75) is 20.5 Å². The molecule has 0 amide bonds. The highest BCUT2D eigenvalue weighted by atomic mass is 16.5. The average Bonchev–Trinajstić information content (AvgIpc) is 2.28. The molecule has 0 fully saturated rings. The fourth-order valence-electron chi connectivity index (χ4n) is 1.37. The Morgan fingerprint density at radius 1 is 1.25 bits per heavy atom. The molecule has 0 N–H and O–H groups in total. The fraction of sp³-hybridized carbons (Fsp3) is 0.200. The zero-order chi connectivity index (χ0) is 11.8. The summed E-state index contributed by atoms with van der Waals surface area (Å²) in [5.74, 6) is 0.916. The van der Waals surface area contributed by atoms with Gasteiger partial charge >= 0.3 is 0 Å². The van der Waals surface area contributed by atoms with Crippen LogP contribution in [0.25, 0.3) is 0 Å². The lowest BCUT2D eigenvalue weighted by Gasteiger charge is -2.06. The third kappa shape index (κ3) is 4.65. The maximum atomic E-state index is 5.63. The first-order chi connectivity index (χ1) is 7.72. The summed E-state index contributed by atoms with van der Waals surface area (Å²) in [7, 11) is 0. The van der Waals surface area contributed by atoms with E-state index in [1.165, 1.54) is 5.56 Å². The lowest BCUT2D eigenvalue weighted by molar-refractivity contribution is 0.200. The summed E-state index contributed by atoms with van der Waals surface area (Å²) in [6, 6.07) is 10.1. The van der Waals surface area contributed by atoms with Crippen molar-refractivity contribution in [3.8, 4) is 0 Å². The molecule has 0 aliphatic rings. The van der Waals surface area contributed by atoms with E-state index in [0.29, 0.717) is 6.61 Å². The Bertz CT molecular complexity index is 385. The second kappa shape index (κ2) is 6.67. The fourth-order valence-corrected chi connectivity index (χ4v) is 1.37. The third-order valence-electron chi connectivity index (χ3n) is 2.12. The topological polar surface area (TPSA) is 9.23 Å². The molecule has 0 heterocycles. The van der Waals surface area contributed by atoms with E-state index in [9.17, 15) is 0 Å². The van der Waals surface area contributed by atoms with Gasteiger partial charge in [0.25, 0.3) is 0 Å². The summed E-state index contributed by atoms with van der Waals surface area (Å²) in [4.78, 5) is 0. The van der Waals surface area contributed by atoms with E-state index in [4.69, 9.17) is 4.74 Å². The zero-order valence-corrected chi connectivity index (χ0v) is 9.94. The normalized spacial score (nSPS) is 12.4. The first-order valence-corrected chi connectivity index (χ1v) is 5.36. The molecule has 0 saturated heterocycles. The van der Waals surface area contributed by atoms with Crippen LogP contribution in [0.4, 0.5) is 0 Å².